The van der Waals surface area contributed by atoms with Crippen LogP contribution in [0.4, 0.5) is 0 Å². The van der Waals surface area contributed by atoms with E-state index < -0.39 is 7.14 Å². The Kier molecular flexibility index (Phi) is 3.75. The van der Waals surface area contributed by atoms with Gasteiger partial charge in [0.05, 0.1) is 0 Å². The predicted octanol–water partition coefficient (Wildman–Crippen LogP) is 5.33. The van der Waals surface area contributed by atoms with E-state index in [-0.39, 0.29) is 0 Å². The van der Waals surface area contributed by atoms with Gasteiger partial charge in [-0.15, -0.1) is 0 Å². The summed E-state index contributed by atoms with van der Waals surface area (Å²) >= 11 is 0. The van der Waals surface area contributed by atoms with Gasteiger partial charge in [-0.05, 0) is 33.7 Å². The summed E-state index contributed by atoms with van der Waals surface area (Å²) in [7, 11) is -2.61. The molecule has 0 aromatic heterocycles. The van der Waals surface area contributed by atoms with Gasteiger partial charge >= 0.3 is 0 Å². The molecule has 0 aliphatic carbocycles. The Labute approximate surface area is 142 Å². The minimum Gasteiger partial charge on any atom is -0.314 e. The Morgan fingerprint density at radius 1 is 0.625 bits per heavy atom. The predicted molar refractivity (Wildman–Crippen MR) is 105 cm³/mol. The van der Waals surface area contributed by atoms with E-state index in [0.29, 0.717) is 6.16 Å². The minimum absolute atomic E-state index is 0.629. The van der Waals surface area contributed by atoms with Crippen LogP contribution >= 0.6 is 7.14 Å². The Hall–Kier alpha value is -2.37. The Bertz CT molecular complexity index is 998. The summed E-state index contributed by atoms with van der Waals surface area (Å²) in [6.45, 7) is 2.02. The van der Waals surface area contributed by atoms with Gasteiger partial charge in [0.2, 0.25) is 0 Å². The van der Waals surface area contributed by atoms with Crippen LogP contribution in [0.25, 0.3) is 21.5 Å². The molecule has 4 aromatic rings. The van der Waals surface area contributed by atoms with Crippen molar-refractivity contribution < 1.29 is 4.57 Å². The summed E-state index contributed by atoms with van der Waals surface area (Å²) in [4.78, 5) is 0. The lowest BCUT2D eigenvalue weighted by Gasteiger charge is -2.18. The van der Waals surface area contributed by atoms with Gasteiger partial charge in [0.15, 0.2) is 0 Å². The second-order valence-electron chi connectivity index (χ2n) is 6.12. The molecule has 0 amide bonds. The SMILES string of the molecule is CCP(=O)(c1ccc2ccccc2c1)c1ccc2ccccc2c1. The molecule has 0 saturated carbocycles. The van der Waals surface area contributed by atoms with E-state index in [9.17, 15) is 4.57 Å². The molecule has 0 unspecified atom stereocenters. The van der Waals surface area contributed by atoms with Crippen molar-refractivity contribution in [3.63, 3.8) is 0 Å². The third kappa shape index (κ3) is 2.46. The van der Waals surface area contributed by atoms with Gasteiger partial charge < -0.3 is 4.57 Å². The molecule has 0 fully saturated rings. The first kappa shape index (κ1) is 15.2. The first-order valence-electron chi connectivity index (χ1n) is 8.28. The van der Waals surface area contributed by atoms with Crippen LogP contribution in [0.2, 0.25) is 0 Å². The van der Waals surface area contributed by atoms with E-state index in [1.165, 1.54) is 10.8 Å². The van der Waals surface area contributed by atoms with E-state index >= 15 is 0 Å². The third-order valence-corrected chi connectivity index (χ3v) is 7.86. The van der Waals surface area contributed by atoms with Gasteiger partial charge in [-0.25, -0.2) is 0 Å². The van der Waals surface area contributed by atoms with Gasteiger partial charge in [0, 0.05) is 16.8 Å². The monoisotopic (exact) mass is 330 g/mol. The smallest absolute Gasteiger partial charge is 0.143 e. The van der Waals surface area contributed by atoms with E-state index in [0.717, 1.165) is 21.4 Å². The Morgan fingerprint density at radius 2 is 1.04 bits per heavy atom. The number of fused-ring (bicyclic) bond motifs is 2. The zero-order chi connectivity index (χ0) is 16.6. The van der Waals surface area contributed by atoms with Crippen LogP contribution in [0.5, 0.6) is 0 Å². The molecule has 4 rings (SSSR count). The number of rotatable bonds is 3. The summed E-state index contributed by atoms with van der Waals surface area (Å²) in [6, 6.07) is 28.9. The average molecular weight is 330 g/mol. The molecule has 0 heterocycles. The molecule has 2 heteroatoms. The molecule has 0 spiro atoms. The highest BCUT2D eigenvalue weighted by Gasteiger charge is 2.25. The lowest BCUT2D eigenvalue weighted by atomic mass is 10.1. The molecular weight excluding hydrogens is 311 g/mol. The third-order valence-electron chi connectivity index (χ3n) is 4.75. The van der Waals surface area contributed by atoms with Crippen LogP contribution in [0.15, 0.2) is 84.9 Å². The fourth-order valence-electron chi connectivity index (χ4n) is 3.32. The zero-order valence-corrected chi connectivity index (χ0v) is 14.5. The summed E-state index contributed by atoms with van der Waals surface area (Å²) in [5.74, 6) is 0. The van der Waals surface area contributed by atoms with Crippen LogP contribution in [0.3, 0.4) is 0 Å². The Morgan fingerprint density at radius 3 is 1.46 bits per heavy atom. The van der Waals surface area contributed by atoms with Crippen molar-refractivity contribution in [3.8, 4) is 0 Å². The van der Waals surface area contributed by atoms with Gasteiger partial charge in [-0.3, -0.25) is 0 Å². The van der Waals surface area contributed by atoms with Crippen molar-refractivity contribution in [2.75, 3.05) is 6.16 Å². The van der Waals surface area contributed by atoms with Crippen molar-refractivity contribution in [1.29, 1.82) is 0 Å². The lowest BCUT2D eigenvalue weighted by molar-refractivity contribution is 0.587. The molecule has 24 heavy (non-hydrogen) atoms. The molecular formula is C22H19OP. The largest absolute Gasteiger partial charge is 0.314 e. The second-order valence-corrected chi connectivity index (χ2v) is 9.26. The van der Waals surface area contributed by atoms with Gasteiger partial charge in [0.25, 0.3) is 0 Å². The van der Waals surface area contributed by atoms with Crippen LogP contribution < -0.4 is 10.6 Å². The van der Waals surface area contributed by atoms with E-state index in [1.807, 2.05) is 43.3 Å². The van der Waals surface area contributed by atoms with Crippen molar-refractivity contribution >= 4 is 39.3 Å². The number of hydrogen-bond acceptors (Lipinski definition) is 1. The summed E-state index contributed by atoms with van der Waals surface area (Å²) < 4.78 is 13.9. The van der Waals surface area contributed by atoms with Crippen molar-refractivity contribution in [1.82, 2.24) is 0 Å². The first-order chi connectivity index (χ1) is 11.7. The molecule has 0 aliphatic rings. The molecule has 0 N–H and O–H groups in total. The summed E-state index contributed by atoms with van der Waals surface area (Å²) in [5, 5.41) is 6.54. The summed E-state index contributed by atoms with van der Waals surface area (Å²) in [6.07, 6.45) is 0.629. The highest BCUT2D eigenvalue weighted by molar-refractivity contribution is 7.78. The van der Waals surface area contributed by atoms with E-state index in [1.54, 1.807) is 0 Å². The topological polar surface area (TPSA) is 17.1 Å². The average Bonchev–Trinajstić information content (AvgIpc) is 2.66. The fourth-order valence-corrected chi connectivity index (χ4v) is 5.67. The molecule has 0 saturated heterocycles. The molecule has 1 nitrogen and oxygen atoms in total. The normalized spacial score (nSPS) is 11.9. The lowest BCUT2D eigenvalue weighted by Crippen LogP contribution is -2.17. The number of hydrogen-bond donors (Lipinski definition) is 0. The highest BCUT2D eigenvalue weighted by atomic mass is 31.2. The van der Waals surface area contributed by atoms with Crippen molar-refractivity contribution in [2.45, 2.75) is 6.92 Å². The standard InChI is InChI=1S/C22H19OP/c1-2-24(23,21-13-11-17-7-3-5-9-19(17)15-21)22-14-12-18-8-4-6-10-20(18)16-22/h3-16H,2H2,1H3. The van der Waals surface area contributed by atoms with E-state index in [4.69, 9.17) is 0 Å². The van der Waals surface area contributed by atoms with Crippen LogP contribution in [-0.4, -0.2) is 6.16 Å². The highest BCUT2D eigenvalue weighted by Crippen LogP contribution is 2.43. The molecule has 0 radical (unpaired) electrons. The van der Waals surface area contributed by atoms with Gasteiger partial charge in [0.1, 0.15) is 7.14 Å². The minimum atomic E-state index is -2.61. The van der Waals surface area contributed by atoms with Crippen LogP contribution in [0, 0.1) is 0 Å². The Balaban J connectivity index is 1.91. The van der Waals surface area contributed by atoms with Crippen molar-refractivity contribution in [2.24, 2.45) is 0 Å². The first-order valence-corrected chi connectivity index (χ1v) is 10.2. The molecule has 0 bridgehead atoms. The van der Waals surface area contributed by atoms with Gasteiger partial charge in [-0.1, -0.05) is 79.7 Å². The molecule has 4 aromatic carbocycles. The molecule has 0 aliphatic heterocycles. The molecule has 0 atom stereocenters. The molecule has 118 valence electrons. The fraction of sp³-hybridized carbons (Fsp3) is 0.0909. The van der Waals surface area contributed by atoms with Crippen molar-refractivity contribution in [3.05, 3.63) is 84.9 Å². The van der Waals surface area contributed by atoms with Gasteiger partial charge in [-0.2, -0.15) is 0 Å². The maximum absolute atomic E-state index is 13.9. The zero-order valence-electron chi connectivity index (χ0n) is 13.6. The quantitative estimate of drug-likeness (QED) is 0.464. The van der Waals surface area contributed by atoms with E-state index in [2.05, 4.69) is 48.5 Å². The maximum atomic E-state index is 13.9. The van der Waals surface area contributed by atoms with Crippen LogP contribution in [-0.2, 0) is 4.57 Å². The second kappa shape index (κ2) is 5.92. The number of benzene rings is 4. The maximum Gasteiger partial charge on any atom is 0.143 e. The van der Waals surface area contributed by atoms with Crippen LogP contribution in [0.1, 0.15) is 6.92 Å². The summed E-state index contributed by atoms with van der Waals surface area (Å²) in [5.41, 5.74) is 0.